The maximum absolute atomic E-state index is 11.6. The van der Waals surface area contributed by atoms with Crippen molar-refractivity contribution >= 4 is 25.4 Å². The highest BCUT2D eigenvalue weighted by atomic mass is 16.6. The number of carbonyl (C=O) groups excluding carboxylic acids is 1. The first-order valence-corrected chi connectivity index (χ1v) is 6.45. The van der Waals surface area contributed by atoms with Gasteiger partial charge in [0.15, 0.2) is 0 Å². The maximum Gasteiger partial charge on any atom is 0.408 e. The summed E-state index contributed by atoms with van der Waals surface area (Å²) in [6, 6.07) is 6.50. The van der Waals surface area contributed by atoms with Crippen LogP contribution in [0.15, 0.2) is 24.3 Å². The van der Waals surface area contributed by atoms with E-state index in [1.807, 2.05) is 32.1 Å². The molecule has 108 valence electrons. The standard InChI is InChI=1S/C14H20BNO4/c1-14(2,3)20-13(19)16-11(12(17)18)8-9-4-6-10(15)7-5-9/h4-7,11H,8,15H2,1-3H3,(H,16,19)(H,17,18). The lowest BCUT2D eigenvalue weighted by molar-refractivity contribution is -0.139. The molecule has 1 atom stereocenters. The molecule has 0 aliphatic heterocycles. The first kappa shape index (κ1) is 16.1. The van der Waals surface area contributed by atoms with Gasteiger partial charge in [-0.1, -0.05) is 29.7 Å². The summed E-state index contributed by atoms with van der Waals surface area (Å²) in [6.45, 7) is 5.17. The van der Waals surface area contributed by atoms with Gasteiger partial charge in [0.2, 0.25) is 0 Å². The van der Waals surface area contributed by atoms with Crippen LogP contribution in [0.25, 0.3) is 0 Å². The molecule has 0 saturated carbocycles. The SMILES string of the molecule is Bc1ccc(CC(NC(=O)OC(C)(C)C)C(=O)O)cc1. The van der Waals surface area contributed by atoms with Crippen molar-refractivity contribution in [2.45, 2.75) is 38.8 Å². The van der Waals surface area contributed by atoms with Crippen molar-refractivity contribution in [1.29, 1.82) is 0 Å². The number of aliphatic carboxylic acids is 1. The molecule has 1 amide bonds. The number of benzene rings is 1. The van der Waals surface area contributed by atoms with Crippen molar-refractivity contribution in [3.8, 4) is 0 Å². The molecule has 2 N–H and O–H groups in total. The second kappa shape index (κ2) is 6.46. The summed E-state index contributed by atoms with van der Waals surface area (Å²) >= 11 is 0. The molecule has 1 rings (SSSR count). The van der Waals surface area contributed by atoms with Crippen molar-refractivity contribution in [3.63, 3.8) is 0 Å². The molecule has 20 heavy (non-hydrogen) atoms. The quantitative estimate of drug-likeness (QED) is 0.784. The van der Waals surface area contributed by atoms with Crippen LogP contribution in [0.2, 0.25) is 0 Å². The van der Waals surface area contributed by atoms with Crippen LogP contribution in [-0.4, -0.2) is 36.7 Å². The van der Waals surface area contributed by atoms with Gasteiger partial charge in [0.05, 0.1) is 0 Å². The number of amides is 1. The summed E-state index contributed by atoms with van der Waals surface area (Å²) in [6.07, 6.45) is -0.508. The van der Waals surface area contributed by atoms with Crippen LogP contribution in [0.1, 0.15) is 26.3 Å². The van der Waals surface area contributed by atoms with E-state index in [4.69, 9.17) is 9.84 Å². The first-order chi connectivity index (χ1) is 9.17. The highest BCUT2D eigenvalue weighted by molar-refractivity contribution is 6.32. The van der Waals surface area contributed by atoms with E-state index in [0.29, 0.717) is 0 Å². The van der Waals surface area contributed by atoms with Crippen LogP contribution in [0.5, 0.6) is 0 Å². The normalized spacial score (nSPS) is 12.6. The zero-order chi connectivity index (χ0) is 15.3. The van der Waals surface area contributed by atoms with Crippen LogP contribution in [0.4, 0.5) is 4.79 Å². The molecular formula is C14H20BNO4. The largest absolute Gasteiger partial charge is 0.480 e. The molecule has 0 heterocycles. The summed E-state index contributed by atoms with van der Waals surface area (Å²) in [5.41, 5.74) is 1.29. The minimum Gasteiger partial charge on any atom is -0.480 e. The minimum atomic E-state index is -1.09. The molecular weight excluding hydrogens is 257 g/mol. The predicted molar refractivity (Wildman–Crippen MR) is 79.1 cm³/mol. The van der Waals surface area contributed by atoms with Gasteiger partial charge in [0.1, 0.15) is 19.5 Å². The second-order valence-corrected chi connectivity index (χ2v) is 5.73. The van der Waals surface area contributed by atoms with Gasteiger partial charge in [-0.3, -0.25) is 0 Å². The highest BCUT2D eigenvalue weighted by Crippen LogP contribution is 2.08. The third-order valence-electron chi connectivity index (χ3n) is 2.55. The smallest absolute Gasteiger partial charge is 0.408 e. The molecule has 0 saturated heterocycles. The van der Waals surface area contributed by atoms with Crippen LogP contribution < -0.4 is 10.8 Å². The lowest BCUT2D eigenvalue weighted by Crippen LogP contribution is -2.44. The lowest BCUT2D eigenvalue weighted by Gasteiger charge is -2.22. The number of hydrogen-bond acceptors (Lipinski definition) is 3. The Balaban J connectivity index is 2.68. The highest BCUT2D eigenvalue weighted by Gasteiger charge is 2.24. The first-order valence-electron chi connectivity index (χ1n) is 6.45. The van der Waals surface area contributed by atoms with Crippen LogP contribution >= 0.6 is 0 Å². The fraction of sp³-hybridized carbons (Fsp3) is 0.429. The van der Waals surface area contributed by atoms with E-state index < -0.39 is 23.7 Å². The van der Waals surface area contributed by atoms with E-state index in [1.165, 1.54) is 0 Å². The van der Waals surface area contributed by atoms with Crippen LogP contribution in [0.3, 0.4) is 0 Å². The number of carboxylic acids is 1. The molecule has 0 aliphatic rings. The third-order valence-corrected chi connectivity index (χ3v) is 2.55. The van der Waals surface area contributed by atoms with Crippen molar-refractivity contribution in [2.75, 3.05) is 0 Å². The van der Waals surface area contributed by atoms with Crippen LogP contribution in [0, 0.1) is 0 Å². The zero-order valence-corrected chi connectivity index (χ0v) is 12.3. The topological polar surface area (TPSA) is 75.6 Å². The van der Waals surface area contributed by atoms with Gasteiger partial charge in [0.25, 0.3) is 0 Å². The van der Waals surface area contributed by atoms with Gasteiger partial charge in [-0.25, -0.2) is 9.59 Å². The molecule has 1 unspecified atom stereocenters. The molecule has 1 aromatic rings. The Kier molecular flexibility index (Phi) is 5.19. The van der Waals surface area contributed by atoms with E-state index >= 15 is 0 Å². The summed E-state index contributed by atoms with van der Waals surface area (Å²) in [4.78, 5) is 22.8. The van der Waals surface area contributed by atoms with Gasteiger partial charge in [-0.15, -0.1) is 0 Å². The minimum absolute atomic E-state index is 0.217. The average Bonchev–Trinajstić information content (AvgIpc) is 2.28. The molecule has 0 radical (unpaired) electrons. The molecule has 1 aromatic carbocycles. The summed E-state index contributed by atoms with van der Waals surface area (Å²) in [5.74, 6) is -1.09. The molecule has 0 aromatic heterocycles. The number of carbonyl (C=O) groups is 2. The van der Waals surface area contributed by atoms with Gasteiger partial charge < -0.3 is 15.2 Å². The predicted octanol–water partition coefficient (Wildman–Crippen LogP) is 0.465. The van der Waals surface area contributed by atoms with Gasteiger partial charge >= 0.3 is 12.1 Å². The third kappa shape index (κ3) is 5.78. The number of ether oxygens (including phenoxy) is 1. The van der Waals surface area contributed by atoms with Crippen LogP contribution in [-0.2, 0) is 16.0 Å². The number of alkyl carbamates (subject to hydrolysis) is 1. The fourth-order valence-electron chi connectivity index (χ4n) is 1.61. The fourth-order valence-corrected chi connectivity index (χ4v) is 1.61. The Morgan fingerprint density at radius 3 is 2.30 bits per heavy atom. The summed E-state index contributed by atoms with van der Waals surface area (Å²) < 4.78 is 5.06. The lowest BCUT2D eigenvalue weighted by atomic mass is 9.94. The van der Waals surface area contributed by atoms with E-state index in [2.05, 4.69) is 5.32 Å². The number of hydrogen-bond donors (Lipinski definition) is 2. The van der Waals surface area contributed by atoms with Crippen molar-refractivity contribution in [1.82, 2.24) is 5.32 Å². The van der Waals surface area contributed by atoms with E-state index in [1.54, 1.807) is 20.8 Å². The monoisotopic (exact) mass is 277 g/mol. The Labute approximate surface area is 119 Å². The Bertz CT molecular complexity index is 479. The summed E-state index contributed by atoms with van der Waals surface area (Å²) in [7, 11) is 1.96. The molecule has 5 nitrogen and oxygen atoms in total. The van der Waals surface area contributed by atoms with E-state index in [-0.39, 0.29) is 6.42 Å². The Hall–Kier alpha value is -1.98. The Morgan fingerprint density at radius 1 is 1.30 bits per heavy atom. The zero-order valence-electron chi connectivity index (χ0n) is 12.3. The second-order valence-electron chi connectivity index (χ2n) is 5.73. The molecule has 0 bridgehead atoms. The number of carboxylic acid groups (broad SMARTS) is 1. The van der Waals surface area contributed by atoms with E-state index in [0.717, 1.165) is 11.0 Å². The molecule has 0 spiro atoms. The van der Waals surface area contributed by atoms with Crippen molar-refractivity contribution in [3.05, 3.63) is 29.8 Å². The number of rotatable bonds is 4. The van der Waals surface area contributed by atoms with Gasteiger partial charge in [-0.05, 0) is 26.3 Å². The van der Waals surface area contributed by atoms with E-state index in [9.17, 15) is 9.59 Å². The molecule has 0 fully saturated rings. The summed E-state index contributed by atoms with van der Waals surface area (Å²) in [5, 5.41) is 11.5. The van der Waals surface area contributed by atoms with Gasteiger partial charge in [0, 0.05) is 6.42 Å². The Morgan fingerprint density at radius 2 is 1.85 bits per heavy atom. The maximum atomic E-state index is 11.6. The molecule has 0 aliphatic carbocycles. The molecule has 6 heteroatoms. The van der Waals surface area contributed by atoms with Crippen molar-refractivity contribution in [2.24, 2.45) is 0 Å². The average molecular weight is 277 g/mol. The van der Waals surface area contributed by atoms with Gasteiger partial charge in [-0.2, -0.15) is 0 Å². The number of nitrogens with one attached hydrogen (secondary N) is 1. The van der Waals surface area contributed by atoms with Crippen molar-refractivity contribution < 1.29 is 19.4 Å².